The predicted octanol–water partition coefficient (Wildman–Crippen LogP) is 12.5. The summed E-state index contributed by atoms with van der Waals surface area (Å²) >= 11 is 4.28. The molecule has 3 aromatic heterocycles. The molecule has 5 nitrogen and oxygen atoms in total. The van der Waals surface area contributed by atoms with Crippen LogP contribution >= 0.6 is 11.8 Å². The van der Waals surface area contributed by atoms with Gasteiger partial charge in [-0.15, -0.1) is 0 Å². The van der Waals surface area contributed by atoms with Crippen LogP contribution in [0.2, 0.25) is 0 Å². The number of para-hydroxylation sites is 2. The molecule has 1 aliphatic carbocycles. The summed E-state index contributed by atoms with van der Waals surface area (Å²) in [7, 11) is 2.11. The van der Waals surface area contributed by atoms with Gasteiger partial charge in [0.1, 0.15) is 0 Å². The minimum atomic E-state index is -0.473. The summed E-state index contributed by atoms with van der Waals surface area (Å²) in [6, 6.07) is 59.5. The van der Waals surface area contributed by atoms with Crippen LogP contribution in [0.25, 0.3) is 55.5 Å². The summed E-state index contributed by atoms with van der Waals surface area (Å²) in [5.74, 6) is 2.42. The molecule has 0 amide bonds. The van der Waals surface area contributed by atoms with Crippen LogP contribution in [0.3, 0.4) is 0 Å². The fourth-order valence-electron chi connectivity index (χ4n) is 9.62. The van der Waals surface area contributed by atoms with Gasteiger partial charge >= 0.3 is 194 Å². The van der Waals surface area contributed by atoms with Gasteiger partial charge in [0.25, 0.3) is 0 Å². The van der Waals surface area contributed by atoms with Crippen molar-refractivity contribution >= 4 is 44.6 Å². The first kappa shape index (κ1) is 33.9. The fraction of sp³-hybridized carbons (Fsp3) is 0.0588. The molecule has 0 atom stereocenters. The van der Waals surface area contributed by atoms with Crippen molar-refractivity contribution in [3.8, 4) is 34.1 Å². The number of benzene rings is 7. The number of pyridine rings is 1. The molecular formula is C51H34N4OPtS. The van der Waals surface area contributed by atoms with Gasteiger partial charge in [-0.1, -0.05) is 72.4 Å². The molecule has 12 rings (SSSR count). The third-order valence-corrected chi connectivity index (χ3v) is 14.5. The third-order valence-electron chi connectivity index (χ3n) is 12.1. The Morgan fingerprint density at radius 2 is 1.24 bits per heavy atom. The Labute approximate surface area is 350 Å². The van der Waals surface area contributed by atoms with Crippen LogP contribution in [0.4, 0.5) is 0 Å². The Bertz CT molecular complexity index is 3380. The van der Waals surface area contributed by atoms with E-state index in [0.717, 1.165) is 54.3 Å². The summed E-state index contributed by atoms with van der Waals surface area (Å²) in [4.78, 5) is 7.59. The fourth-order valence-corrected chi connectivity index (χ4v) is 11.7. The molecule has 58 heavy (non-hydrogen) atoms. The molecule has 0 N–H and O–H groups in total. The summed E-state index contributed by atoms with van der Waals surface area (Å²) < 4.78 is 14.7. The first-order valence-electron chi connectivity index (χ1n) is 19.4. The second-order valence-electron chi connectivity index (χ2n) is 15.2. The van der Waals surface area contributed by atoms with Gasteiger partial charge in [-0.05, 0) is 64.1 Å². The zero-order chi connectivity index (χ0) is 38.7. The van der Waals surface area contributed by atoms with E-state index in [4.69, 9.17) is 9.72 Å². The van der Waals surface area contributed by atoms with Crippen molar-refractivity contribution in [1.29, 1.82) is 0 Å². The molecule has 7 heteroatoms. The molecule has 0 bridgehead atoms. The second-order valence-corrected chi connectivity index (χ2v) is 17.3. The SMILES string of the molecule is Cc1ccnc(-n2c3cc(Oc4cccc(-n5[c](=[Pt])n(C)c6ccccc65)c4)ccc3c3cc4c(cc32)C2(c3ccccc3Sc3ccccc32)c2ccccc2-4)c1. The van der Waals surface area contributed by atoms with Gasteiger partial charge in [0.15, 0.2) is 0 Å². The number of aromatic nitrogens is 4. The first-order chi connectivity index (χ1) is 28.5. The van der Waals surface area contributed by atoms with Crippen molar-refractivity contribution in [3.05, 3.63) is 202 Å². The molecule has 2 aliphatic rings. The van der Waals surface area contributed by atoms with E-state index >= 15 is 0 Å². The van der Waals surface area contributed by atoms with E-state index in [1.807, 2.05) is 24.0 Å². The Hall–Kier alpha value is -6.20. The number of rotatable bonds is 4. The molecular weight excluding hydrogens is 912 g/mol. The van der Waals surface area contributed by atoms with Gasteiger partial charge in [-0.25, -0.2) is 0 Å². The van der Waals surface area contributed by atoms with E-state index in [1.54, 1.807) is 0 Å². The molecule has 10 aromatic rings. The van der Waals surface area contributed by atoms with E-state index in [9.17, 15) is 0 Å². The summed E-state index contributed by atoms with van der Waals surface area (Å²) in [5, 5.41) is 2.34. The minimum absolute atomic E-state index is 0.473. The number of aryl methyl sites for hydroxylation is 2. The predicted molar refractivity (Wildman–Crippen MR) is 230 cm³/mol. The molecule has 0 fully saturated rings. The van der Waals surface area contributed by atoms with Gasteiger partial charge in [-0.2, -0.15) is 0 Å². The van der Waals surface area contributed by atoms with Gasteiger partial charge in [-0.3, -0.25) is 0 Å². The summed E-state index contributed by atoms with van der Waals surface area (Å²) in [6.45, 7) is 2.13. The van der Waals surface area contributed by atoms with Crippen LogP contribution in [0, 0.1) is 10.7 Å². The molecule has 4 heterocycles. The Kier molecular flexibility index (Phi) is 7.39. The van der Waals surface area contributed by atoms with Gasteiger partial charge in [0.05, 0.1) is 5.41 Å². The van der Waals surface area contributed by atoms with Crippen molar-refractivity contribution in [3.63, 3.8) is 0 Å². The maximum absolute atomic E-state index is 6.75. The average Bonchev–Trinajstić information content (AvgIpc) is 3.82. The minimum Gasteiger partial charge on any atom is -0.0894 e. The van der Waals surface area contributed by atoms with Crippen LogP contribution in [0.1, 0.15) is 27.8 Å². The van der Waals surface area contributed by atoms with Crippen LogP contribution in [-0.2, 0) is 31.8 Å². The van der Waals surface area contributed by atoms with Crippen molar-refractivity contribution in [2.45, 2.75) is 22.1 Å². The zero-order valence-corrected chi connectivity index (χ0v) is 34.7. The zero-order valence-electron chi connectivity index (χ0n) is 31.6. The smallest absolute Gasteiger partial charge is 0.0894 e. The Morgan fingerprint density at radius 1 is 0.552 bits per heavy atom. The average molecular weight is 946 g/mol. The Balaban J connectivity index is 1.09. The molecule has 0 unspecified atom stereocenters. The van der Waals surface area contributed by atoms with Crippen LogP contribution in [0.15, 0.2) is 180 Å². The molecule has 1 spiro atoms. The Morgan fingerprint density at radius 3 is 2.03 bits per heavy atom. The van der Waals surface area contributed by atoms with Gasteiger partial charge in [0, 0.05) is 16.0 Å². The van der Waals surface area contributed by atoms with Gasteiger partial charge < -0.3 is 0 Å². The molecule has 0 saturated heterocycles. The van der Waals surface area contributed by atoms with Crippen LogP contribution < -0.4 is 4.74 Å². The summed E-state index contributed by atoms with van der Waals surface area (Å²) in [5.41, 5.74) is 14.1. The molecule has 0 radical (unpaired) electrons. The topological polar surface area (TPSA) is 36.9 Å². The molecule has 0 saturated carbocycles. The quantitative estimate of drug-likeness (QED) is 0.176. The normalized spacial score (nSPS) is 13.5. The second kappa shape index (κ2) is 12.6. The van der Waals surface area contributed by atoms with E-state index in [2.05, 4.69) is 205 Å². The molecule has 280 valence electrons. The maximum atomic E-state index is 6.75. The van der Waals surface area contributed by atoms with Crippen molar-refractivity contribution in [2.24, 2.45) is 7.05 Å². The number of hydrogen-bond acceptors (Lipinski definition) is 3. The van der Waals surface area contributed by atoms with E-state index in [1.165, 1.54) is 54.1 Å². The monoisotopic (exact) mass is 945 g/mol. The number of fused-ring (bicyclic) bond motifs is 13. The standard InChI is InChI=1S/C51H34N4OS.Pt/c1-32-24-25-52-50(26-32)55-46-28-35(56-34-13-11-12-33(27-34)54-31-53(2)44-18-7-8-19-45(44)54)22-23-37(46)39-29-38-36-14-3-4-15-40(36)51(43(38)30-47(39)55)41-16-5-9-20-48(41)57-49-21-10-6-17-42(49)51;/h3-30H,1-2H3;. The number of ether oxygens (including phenoxy) is 1. The van der Waals surface area contributed by atoms with Crippen molar-refractivity contribution < 1.29 is 24.1 Å². The van der Waals surface area contributed by atoms with Crippen molar-refractivity contribution in [1.82, 2.24) is 18.7 Å². The van der Waals surface area contributed by atoms with E-state index in [0.29, 0.717) is 0 Å². The van der Waals surface area contributed by atoms with E-state index < -0.39 is 5.41 Å². The molecule has 7 aromatic carbocycles. The van der Waals surface area contributed by atoms with Crippen molar-refractivity contribution in [2.75, 3.05) is 0 Å². The number of hydrogen-bond donors (Lipinski definition) is 0. The van der Waals surface area contributed by atoms with Gasteiger partial charge in [0.2, 0.25) is 0 Å². The third kappa shape index (κ3) is 4.70. The number of imidazole rings is 1. The van der Waals surface area contributed by atoms with Crippen LogP contribution in [-0.4, -0.2) is 18.7 Å². The molecule has 1 aliphatic heterocycles. The van der Waals surface area contributed by atoms with Crippen LogP contribution in [0.5, 0.6) is 11.5 Å². The first-order valence-corrected chi connectivity index (χ1v) is 21.4. The number of nitrogens with zero attached hydrogens (tertiary/aromatic N) is 4. The van der Waals surface area contributed by atoms with E-state index in [-0.39, 0.29) is 0 Å². The summed E-state index contributed by atoms with van der Waals surface area (Å²) in [6.07, 6.45) is 1.91.